The Morgan fingerprint density at radius 2 is 2.00 bits per heavy atom. The molecular formula is C15H29ClN2O. The lowest BCUT2D eigenvalue weighted by molar-refractivity contribution is -0.138. The van der Waals surface area contributed by atoms with Crippen LogP contribution in [0.5, 0.6) is 0 Å². The summed E-state index contributed by atoms with van der Waals surface area (Å²) < 4.78 is 0. The Bertz CT molecular complexity index is 317. The van der Waals surface area contributed by atoms with Gasteiger partial charge in [0, 0.05) is 18.6 Å². The fraction of sp³-hybridized carbons (Fsp3) is 0.933. The Morgan fingerprint density at radius 1 is 1.32 bits per heavy atom. The van der Waals surface area contributed by atoms with E-state index in [1.807, 2.05) is 0 Å². The van der Waals surface area contributed by atoms with Crippen LogP contribution in [0.3, 0.4) is 0 Å². The third kappa shape index (κ3) is 3.63. The number of carbonyl (C=O) groups is 1. The van der Waals surface area contributed by atoms with Crippen molar-refractivity contribution >= 4 is 18.3 Å². The highest BCUT2D eigenvalue weighted by molar-refractivity contribution is 5.85. The average Bonchev–Trinajstić information content (AvgIpc) is 2.77. The van der Waals surface area contributed by atoms with E-state index in [-0.39, 0.29) is 23.9 Å². The highest BCUT2D eigenvalue weighted by atomic mass is 35.5. The van der Waals surface area contributed by atoms with Gasteiger partial charge in [0.05, 0.1) is 5.92 Å². The molecule has 3 nitrogen and oxygen atoms in total. The molecule has 3 atom stereocenters. The fourth-order valence-electron chi connectivity index (χ4n) is 3.52. The zero-order valence-electron chi connectivity index (χ0n) is 12.5. The van der Waals surface area contributed by atoms with Crippen LogP contribution in [-0.2, 0) is 4.79 Å². The monoisotopic (exact) mass is 288 g/mol. The predicted molar refractivity (Wildman–Crippen MR) is 81.3 cm³/mol. The Labute approximate surface area is 123 Å². The predicted octanol–water partition coefficient (Wildman–Crippen LogP) is 2.82. The SMILES string of the molecule is CC(C)C1CCN(C(=O)C2CCCCC2(C)N)C1.Cl. The minimum atomic E-state index is -0.286. The van der Waals surface area contributed by atoms with E-state index in [0.29, 0.717) is 17.7 Å². The van der Waals surface area contributed by atoms with Gasteiger partial charge in [0.15, 0.2) is 0 Å². The van der Waals surface area contributed by atoms with Crippen LogP contribution in [0, 0.1) is 17.8 Å². The lowest BCUT2D eigenvalue weighted by Gasteiger charge is -2.39. The summed E-state index contributed by atoms with van der Waals surface area (Å²) in [6.07, 6.45) is 5.47. The Balaban J connectivity index is 0.00000180. The topological polar surface area (TPSA) is 46.3 Å². The summed E-state index contributed by atoms with van der Waals surface area (Å²) in [5, 5.41) is 0. The van der Waals surface area contributed by atoms with Crippen LogP contribution in [-0.4, -0.2) is 29.4 Å². The first kappa shape index (κ1) is 16.8. The molecule has 1 aliphatic heterocycles. The molecule has 19 heavy (non-hydrogen) atoms. The number of likely N-dealkylation sites (tertiary alicyclic amines) is 1. The number of halogens is 1. The van der Waals surface area contributed by atoms with Crippen molar-refractivity contribution in [3.05, 3.63) is 0 Å². The van der Waals surface area contributed by atoms with Gasteiger partial charge < -0.3 is 10.6 Å². The van der Waals surface area contributed by atoms with E-state index < -0.39 is 0 Å². The first-order valence-electron chi connectivity index (χ1n) is 7.49. The van der Waals surface area contributed by atoms with Crippen molar-refractivity contribution in [3.63, 3.8) is 0 Å². The number of nitrogens with zero attached hydrogens (tertiary/aromatic N) is 1. The summed E-state index contributed by atoms with van der Waals surface area (Å²) in [5.74, 6) is 1.74. The molecule has 1 saturated heterocycles. The third-order valence-electron chi connectivity index (χ3n) is 5.03. The highest BCUT2D eigenvalue weighted by Gasteiger charge is 2.41. The first-order chi connectivity index (χ1) is 8.42. The van der Waals surface area contributed by atoms with Gasteiger partial charge >= 0.3 is 0 Å². The van der Waals surface area contributed by atoms with Crippen molar-refractivity contribution in [1.82, 2.24) is 4.90 Å². The molecule has 3 unspecified atom stereocenters. The molecule has 1 amide bonds. The molecule has 1 heterocycles. The van der Waals surface area contributed by atoms with Gasteiger partial charge in [-0.2, -0.15) is 0 Å². The summed E-state index contributed by atoms with van der Waals surface area (Å²) in [6.45, 7) is 8.46. The molecule has 0 aromatic rings. The molecule has 1 aliphatic carbocycles. The van der Waals surface area contributed by atoms with Crippen molar-refractivity contribution in [2.24, 2.45) is 23.5 Å². The minimum Gasteiger partial charge on any atom is -0.342 e. The van der Waals surface area contributed by atoms with E-state index in [9.17, 15) is 4.79 Å². The number of rotatable bonds is 2. The molecule has 4 heteroatoms. The van der Waals surface area contributed by atoms with E-state index >= 15 is 0 Å². The minimum absolute atomic E-state index is 0. The molecular weight excluding hydrogens is 260 g/mol. The Kier molecular flexibility index (Phi) is 5.69. The van der Waals surface area contributed by atoms with Crippen LogP contribution >= 0.6 is 12.4 Å². The van der Waals surface area contributed by atoms with Gasteiger partial charge in [-0.25, -0.2) is 0 Å². The van der Waals surface area contributed by atoms with Crippen LogP contribution in [0.4, 0.5) is 0 Å². The smallest absolute Gasteiger partial charge is 0.227 e. The van der Waals surface area contributed by atoms with Gasteiger partial charge in [0.1, 0.15) is 0 Å². The maximum atomic E-state index is 12.6. The van der Waals surface area contributed by atoms with Crippen molar-refractivity contribution < 1.29 is 4.79 Å². The van der Waals surface area contributed by atoms with E-state index in [4.69, 9.17) is 5.73 Å². The molecule has 2 N–H and O–H groups in total. The average molecular weight is 289 g/mol. The lowest BCUT2D eigenvalue weighted by atomic mass is 9.74. The molecule has 0 bridgehead atoms. The molecule has 0 aromatic heterocycles. The summed E-state index contributed by atoms with van der Waals surface area (Å²) in [6, 6.07) is 0. The molecule has 2 rings (SSSR count). The number of nitrogens with two attached hydrogens (primary N) is 1. The molecule has 112 valence electrons. The molecule has 0 radical (unpaired) electrons. The molecule has 0 spiro atoms. The third-order valence-corrected chi connectivity index (χ3v) is 5.03. The second-order valence-corrected chi connectivity index (χ2v) is 6.88. The van der Waals surface area contributed by atoms with Gasteiger partial charge in [-0.3, -0.25) is 4.79 Å². The van der Waals surface area contributed by atoms with Gasteiger partial charge in [-0.1, -0.05) is 26.7 Å². The molecule has 0 aromatic carbocycles. The van der Waals surface area contributed by atoms with E-state index in [1.54, 1.807) is 0 Å². The molecule has 2 aliphatic rings. The van der Waals surface area contributed by atoms with Crippen LogP contribution in [0.1, 0.15) is 52.9 Å². The van der Waals surface area contributed by atoms with Gasteiger partial charge in [0.2, 0.25) is 5.91 Å². The van der Waals surface area contributed by atoms with Crippen molar-refractivity contribution in [1.29, 1.82) is 0 Å². The van der Waals surface area contributed by atoms with Crippen molar-refractivity contribution in [2.75, 3.05) is 13.1 Å². The Hall–Kier alpha value is -0.280. The fourth-order valence-corrected chi connectivity index (χ4v) is 3.52. The number of hydrogen-bond donors (Lipinski definition) is 1. The largest absolute Gasteiger partial charge is 0.342 e. The van der Waals surface area contributed by atoms with E-state index in [1.165, 1.54) is 6.42 Å². The summed E-state index contributed by atoms with van der Waals surface area (Å²) in [5.41, 5.74) is 6.05. The van der Waals surface area contributed by atoms with Crippen LogP contribution in [0.25, 0.3) is 0 Å². The maximum Gasteiger partial charge on any atom is 0.227 e. The van der Waals surface area contributed by atoms with Crippen LogP contribution < -0.4 is 5.73 Å². The van der Waals surface area contributed by atoms with Crippen molar-refractivity contribution in [2.45, 2.75) is 58.4 Å². The van der Waals surface area contributed by atoms with Crippen LogP contribution in [0.15, 0.2) is 0 Å². The second kappa shape index (κ2) is 6.45. The van der Waals surface area contributed by atoms with E-state index in [0.717, 1.165) is 38.8 Å². The van der Waals surface area contributed by atoms with E-state index in [2.05, 4.69) is 25.7 Å². The normalized spacial score (nSPS) is 35.3. The summed E-state index contributed by atoms with van der Waals surface area (Å²) in [4.78, 5) is 14.7. The van der Waals surface area contributed by atoms with Gasteiger partial charge in [0.25, 0.3) is 0 Å². The standard InChI is InChI=1S/C15H28N2O.ClH/c1-11(2)12-7-9-17(10-12)14(18)13-6-4-5-8-15(13,3)16;/h11-13H,4-10,16H2,1-3H3;1H. The number of amides is 1. The van der Waals surface area contributed by atoms with Gasteiger partial charge in [-0.15, -0.1) is 12.4 Å². The van der Waals surface area contributed by atoms with Crippen LogP contribution in [0.2, 0.25) is 0 Å². The highest BCUT2D eigenvalue weighted by Crippen LogP contribution is 2.34. The zero-order valence-corrected chi connectivity index (χ0v) is 13.3. The number of hydrogen-bond acceptors (Lipinski definition) is 2. The zero-order chi connectivity index (χ0) is 13.3. The van der Waals surface area contributed by atoms with Gasteiger partial charge in [-0.05, 0) is 38.0 Å². The molecule has 1 saturated carbocycles. The first-order valence-corrected chi connectivity index (χ1v) is 7.49. The number of carbonyl (C=O) groups excluding carboxylic acids is 1. The quantitative estimate of drug-likeness (QED) is 0.849. The second-order valence-electron chi connectivity index (χ2n) is 6.88. The summed E-state index contributed by atoms with van der Waals surface area (Å²) in [7, 11) is 0. The maximum absolute atomic E-state index is 12.6. The summed E-state index contributed by atoms with van der Waals surface area (Å²) >= 11 is 0. The molecule has 2 fully saturated rings. The lowest BCUT2D eigenvalue weighted by Crippen LogP contribution is -2.53. The van der Waals surface area contributed by atoms with Crippen molar-refractivity contribution in [3.8, 4) is 0 Å². The Morgan fingerprint density at radius 3 is 2.53 bits per heavy atom.